The van der Waals surface area contributed by atoms with Gasteiger partial charge in [-0.05, 0) is 78.9 Å². The number of hydrogen-bond donors (Lipinski definition) is 1. The van der Waals surface area contributed by atoms with Gasteiger partial charge in [-0.2, -0.15) is 0 Å². The highest BCUT2D eigenvalue weighted by molar-refractivity contribution is 5.94. The minimum absolute atomic E-state index is 0.000340. The molecule has 4 rings (SSSR count). The van der Waals surface area contributed by atoms with Crippen LogP contribution in [0.15, 0.2) is 66.7 Å². The molecule has 5 nitrogen and oxygen atoms in total. The molecule has 6 heteroatoms. The van der Waals surface area contributed by atoms with E-state index >= 15 is 0 Å². The van der Waals surface area contributed by atoms with Crippen LogP contribution in [0.1, 0.15) is 56.0 Å². The first-order valence-electron chi connectivity index (χ1n) is 12.3. The van der Waals surface area contributed by atoms with Gasteiger partial charge in [-0.1, -0.05) is 51.1 Å². The number of nitrogens with one attached hydrogen (secondary N) is 1. The molecule has 2 unspecified atom stereocenters. The molecule has 1 aliphatic heterocycles. The van der Waals surface area contributed by atoms with Crippen LogP contribution in [0.4, 0.5) is 10.1 Å². The van der Waals surface area contributed by atoms with Gasteiger partial charge < -0.3 is 15.0 Å². The average molecular weight is 489 g/mol. The average Bonchev–Trinajstić information content (AvgIpc) is 2.82. The van der Waals surface area contributed by atoms with Crippen LogP contribution in [0, 0.1) is 18.2 Å². The Balaban J connectivity index is 1.64. The maximum atomic E-state index is 14.2. The van der Waals surface area contributed by atoms with Crippen molar-refractivity contribution in [3.05, 3.63) is 94.8 Å². The van der Waals surface area contributed by atoms with Crippen LogP contribution >= 0.6 is 0 Å². The zero-order chi connectivity index (χ0) is 26.0. The summed E-state index contributed by atoms with van der Waals surface area (Å²) in [7, 11) is 0. The Kier molecular flexibility index (Phi) is 7.16. The lowest BCUT2D eigenvalue weighted by Crippen LogP contribution is -2.45. The molecule has 3 aromatic rings. The van der Waals surface area contributed by atoms with Gasteiger partial charge in [0.2, 0.25) is 5.91 Å². The first-order chi connectivity index (χ1) is 17.0. The first-order valence-corrected chi connectivity index (χ1v) is 12.3. The molecule has 2 atom stereocenters. The molecule has 188 valence electrons. The fourth-order valence-electron chi connectivity index (χ4n) is 4.58. The molecule has 1 aliphatic rings. The molecule has 0 saturated heterocycles. The minimum atomic E-state index is -0.743. The SMILES string of the molecule is Cc1cccc(NC(=O)C(C)Oc2ccc3c(c2)C(c2cccc(F)c2)N(C(=O)C(C)(C)C)CC3)c1. The number of halogens is 1. The van der Waals surface area contributed by atoms with Crippen LogP contribution in [-0.4, -0.2) is 29.4 Å². The summed E-state index contributed by atoms with van der Waals surface area (Å²) in [5.41, 5.74) is 3.84. The van der Waals surface area contributed by atoms with E-state index in [1.807, 2.05) is 81.1 Å². The number of fused-ring (bicyclic) bond motifs is 1. The summed E-state index contributed by atoms with van der Waals surface area (Å²) in [4.78, 5) is 28.0. The third-order valence-electron chi connectivity index (χ3n) is 6.38. The summed E-state index contributed by atoms with van der Waals surface area (Å²) >= 11 is 0. The molecule has 3 aromatic carbocycles. The van der Waals surface area contributed by atoms with Gasteiger partial charge in [0.15, 0.2) is 6.10 Å². The highest BCUT2D eigenvalue weighted by atomic mass is 19.1. The second-order valence-electron chi connectivity index (χ2n) is 10.4. The fourth-order valence-corrected chi connectivity index (χ4v) is 4.58. The lowest BCUT2D eigenvalue weighted by molar-refractivity contribution is -0.141. The van der Waals surface area contributed by atoms with Gasteiger partial charge in [-0.25, -0.2) is 4.39 Å². The summed E-state index contributed by atoms with van der Waals surface area (Å²) in [6.45, 7) is 9.87. The number of hydrogen-bond acceptors (Lipinski definition) is 3. The molecule has 0 fully saturated rings. The van der Waals surface area contributed by atoms with Crippen molar-refractivity contribution in [3.8, 4) is 5.75 Å². The largest absolute Gasteiger partial charge is 0.481 e. The highest BCUT2D eigenvalue weighted by Crippen LogP contribution is 2.39. The molecule has 0 saturated carbocycles. The molecule has 0 radical (unpaired) electrons. The standard InChI is InChI=1S/C30H33FN2O3/c1-19-8-6-11-24(16-19)32-28(34)20(2)36-25-13-12-21-14-15-33(29(35)30(3,4)5)27(26(21)18-25)22-9-7-10-23(31)17-22/h6-13,16-18,20,27H,14-15H2,1-5H3,(H,32,34). The number of anilines is 1. The number of rotatable bonds is 5. The molecule has 36 heavy (non-hydrogen) atoms. The lowest BCUT2D eigenvalue weighted by Gasteiger charge is -2.41. The van der Waals surface area contributed by atoms with Gasteiger partial charge in [-0.15, -0.1) is 0 Å². The van der Waals surface area contributed by atoms with Crippen molar-refractivity contribution in [3.63, 3.8) is 0 Å². The first kappa shape index (κ1) is 25.4. The highest BCUT2D eigenvalue weighted by Gasteiger charge is 2.37. The Morgan fingerprint density at radius 2 is 1.81 bits per heavy atom. The van der Waals surface area contributed by atoms with E-state index in [-0.39, 0.29) is 17.6 Å². The Morgan fingerprint density at radius 3 is 2.50 bits per heavy atom. The predicted molar refractivity (Wildman–Crippen MR) is 139 cm³/mol. The monoisotopic (exact) mass is 488 g/mol. The zero-order valence-electron chi connectivity index (χ0n) is 21.5. The van der Waals surface area contributed by atoms with Crippen molar-refractivity contribution in [2.24, 2.45) is 5.41 Å². The second kappa shape index (κ2) is 10.1. The summed E-state index contributed by atoms with van der Waals surface area (Å²) in [5, 5.41) is 2.89. The molecule has 2 amide bonds. The topological polar surface area (TPSA) is 58.6 Å². The molecule has 1 N–H and O–H groups in total. The van der Waals surface area contributed by atoms with Crippen LogP contribution in [0.25, 0.3) is 0 Å². The van der Waals surface area contributed by atoms with Crippen LogP contribution in [0.3, 0.4) is 0 Å². The van der Waals surface area contributed by atoms with E-state index in [1.54, 1.807) is 13.0 Å². The van der Waals surface area contributed by atoms with Crippen LogP contribution < -0.4 is 10.1 Å². The minimum Gasteiger partial charge on any atom is -0.481 e. The van der Waals surface area contributed by atoms with Gasteiger partial charge in [0, 0.05) is 17.6 Å². The van der Waals surface area contributed by atoms with Crippen molar-refractivity contribution in [2.45, 2.75) is 53.2 Å². The van der Waals surface area contributed by atoms with E-state index in [4.69, 9.17) is 4.74 Å². The lowest BCUT2D eigenvalue weighted by atomic mass is 9.85. The quantitative estimate of drug-likeness (QED) is 0.475. The van der Waals surface area contributed by atoms with E-state index < -0.39 is 17.6 Å². The van der Waals surface area contributed by atoms with E-state index in [0.717, 1.165) is 16.7 Å². The van der Waals surface area contributed by atoms with E-state index in [0.29, 0.717) is 30.0 Å². The summed E-state index contributed by atoms with van der Waals surface area (Å²) in [6.07, 6.45) is -0.0563. The van der Waals surface area contributed by atoms with E-state index in [1.165, 1.54) is 12.1 Å². The number of carbonyl (C=O) groups is 2. The fraction of sp³-hybridized carbons (Fsp3) is 0.333. The molecule has 0 spiro atoms. The maximum Gasteiger partial charge on any atom is 0.265 e. The number of ether oxygens (including phenoxy) is 1. The Morgan fingerprint density at radius 1 is 1.06 bits per heavy atom. The second-order valence-corrected chi connectivity index (χ2v) is 10.4. The zero-order valence-corrected chi connectivity index (χ0v) is 21.5. The molecular formula is C30H33FN2O3. The van der Waals surface area contributed by atoms with Crippen molar-refractivity contribution >= 4 is 17.5 Å². The summed E-state index contributed by atoms with van der Waals surface area (Å²) in [6, 6.07) is 19.2. The van der Waals surface area contributed by atoms with Crippen LogP contribution in [0.2, 0.25) is 0 Å². The van der Waals surface area contributed by atoms with Crippen LogP contribution in [0.5, 0.6) is 5.75 Å². The number of benzene rings is 3. The summed E-state index contributed by atoms with van der Waals surface area (Å²) in [5.74, 6) is -0.0899. The Labute approximate surface area is 212 Å². The van der Waals surface area contributed by atoms with Crippen molar-refractivity contribution in [1.82, 2.24) is 4.90 Å². The number of aryl methyl sites for hydroxylation is 1. The smallest absolute Gasteiger partial charge is 0.265 e. The van der Waals surface area contributed by atoms with Crippen LogP contribution in [-0.2, 0) is 16.0 Å². The molecule has 0 bridgehead atoms. The van der Waals surface area contributed by atoms with Gasteiger partial charge in [0.25, 0.3) is 5.91 Å². The van der Waals surface area contributed by atoms with Gasteiger partial charge in [-0.3, -0.25) is 9.59 Å². The predicted octanol–water partition coefficient (Wildman–Crippen LogP) is 6.06. The van der Waals surface area contributed by atoms with Gasteiger partial charge in [0.05, 0.1) is 6.04 Å². The third kappa shape index (κ3) is 5.59. The third-order valence-corrected chi connectivity index (χ3v) is 6.38. The maximum absolute atomic E-state index is 14.2. The molecular weight excluding hydrogens is 455 g/mol. The Hall–Kier alpha value is -3.67. The molecule has 1 heterocycles. The van der Waals surface area contributed by atoms with Gasteiger partial charge >= 0.3 is 0 Å². The van der Waals surface area contributed by atoms with E-state index in [9.17, 15) is 14.0 Å². The Bertz CT molecular complexity index is 1280. The molecule has 0 aromatic heterocycles. The van der Waals surface area contributed by atoms with Crippen molar-refractivity contribution in [2.75, 3.05) is 11.9 Å². The normalized spacial score (nSPS) is 16.2. The van der Waals surface area contributed by atoms with E-state index in [2.05, 4.69) is 5.32 Å². The van der Waals surface area contributed by atoms with Crippen molar-refractivity contribution in [1.29, 1.82) is 0 Å². The number of amides is 2. The van der Waals surface area contributed by atoms with Gasteiger partial charge in [0.1, 0.15) is 11.6 Å². The van der Waals surface area contributed by atoms with Crippen molar-refractivity contribution < 1.29 is 18.7 Å². The summed E-state index contributed by atoms with van der Waals surface area (Å²) < 4.78 is 20.3. The number of nitrogens with zero attached hydrogens (tertiary/aromatic N) is 1. The molecule has 0 aliphatic carbocycles. The number of carbonyl (C=O) groups excluding carboxylic acids is 2.